The molecule has 15 heavy (non-hydrogen) atoms. The average molecular weight is 216 g/mol. The number of pyridine rings is 1. The lowest BCUT2D eigenvalue weighted by Gasteiger charge is -2.10. The number of nitrogens with zero attached hydrogens (tertiary/aromatic N) is 2. The monoisotopic (exact) mass is 216 g/mol. The molecule has 0 aliphatic heterocycles. The van der Waals surface area contributed by atoms with Gasteiger partial charge in [0.05, 0.1) is 5.56 Å². The summed E-state index contributed by atoms with van der Waals surface area (Å²) < 4.78 is 39.2. The minimum absolute atomic E-state index is 0.0852. The van der Waals surface area contributed by atoms with Crippen LogP contribution in [-0.4, -0.2) is 17.6 Å². The summed E-state index contributed by atoms with van der Waals surface area (Å²) in [5.74, 6) is -0.873. The van der Waals surface area contributed by atoms with Crippen LogP contribution >= 0.6 is 0 Å². The average Bonchev–Trinajstić information content (AvgIpc) is 2.16. The molecule has 0 fully saturated rings. The Hall–Kier alpha value is -2.10. The first-order chi connectivity index (χ1) is 6.98. The van der Waals surface area contributed by atoms with Crippen molar-refractivity contribution in [3.05, 3.63) is 23.5 Å². The molecule has 4 nitrogen and oxygen atoms in total. The Morgan fingerprint density at radius 2 is 2.20 bits per heavy atom. The lowest BCUT2D eigenvalue weighted by atomic mass is 10.2. The molecule has 0 radical (unpaired) electrons. The van der Waals surface area contributed by atoms with Crippen LogP contribution in [0.15, 0.2) is 12.3 Å². The van der Waals surface area contributed by atoms with Crippen molar-refractivity contribution in [2.75, 3.05) is 0 Å². The number of ether oxygens (including phenoxy) is 1. The molecule has 1 aromatic heterocycles. The van der Waals surface area contributed by atoms with Crippen LogP contribution in [0.3, 0.4) is 0 Å². The van der Waals surface area contributed by atoms with E-state index in [1.54, 1.807) is 0 Å². The minimum Gasteiger partial charge on any atom is -0.402 e. The molecule has 0 saturated heterocycles. The lowest BCUT2D eigenvalue weighted by Crippen LogP contribution is -2.19. The van der Waals surface area contributed by atoms with Gasteiger partial charge in [-0.15, -0.1) is 13.2 Å². The van der Waals surface area contributed by atoms with E-state index >= 15 is 0 Å². The van der Waals surface area contributed by atoms with Gasteiger partial charge in [0.1, 0.15) is 11.8 Å². The van der Waals surface area contributed by atoms with Crippen molar-refractivity contribution in [3.63, 3.8) is 0 Å². The smallest absolute Gasteiger partial charge is 0.402 e. The molecule has 1 heterocycles. The van der Waals surface area contributed by atoms with Crippen LogP contribution in [0.5, 0.6) is 5.75 Å². The number of nitriles is 1. The van der Waals surface area contributed by atoms with Crippen molar-refractivity contribution in [3.8, 4) is 11.8 Å². The van der Waals surface area contributed by atoms with Gasteiger partial charge in [0, 0.05) is 6.20 Å². The van der Waals surface area contributed by atoms with Crippen LogP contribution in [0.25, 0.3) is 0 Å². The first-order valence-corrected chi connectivity index (χ1v) is 3.58. The number of carbonyl (C=O) groups is 1. The summed E-state index contributed by atoms with van der Waals surface area (Å²) in [6.07, 6.45) is -3.83. The topological polar surface area (TPSA) is 63.0 Å². The van der Waals surface area contributed by atoms with E-state index < -0.39 is 23.4 Å². The fourth-order valence-corrected chi connectivity index (χ4v) is 0.859. The lowest BCUT2D eigenvalue weighted by molar-refractivity contribution is -0.274. The van der Waals surface area contributed by atoms with Crippen molar-refractivity contribution in [2.45, 2.75) is 6.36 Å². The number of hydrogen-bond acceptors (Lipinski definition) is 4. The fourth-order valence-electron chi connectivity index (χ4n) is 0.859. The van der Waals surface area contributed by atoms with Crippen LogP contribution in [-0.2, 0) is 0 Å². The minimum atomic E-state index is -4.97. The summed E-state index contributed by atoms with van der Waals surface area (Å²) in [5, 5.41) is 8.49. The van der Waals surface area contributed by atoms with Gasteiger partial charge in [-0.3, -0.25) is 4.79 Å². The van der Waals surface area contributed by atoms with Crippen molar-refractivity contribution < 1.29 is 22.7 Å². The van der Waals surface area contributed by atoms with Crippen LogP contribution in [0.1, 0.15) is 16.1 Å². The molecule has 1 aromatic rings. The summed E-state index contributed by atoms with van der Waals surface area (Å²) >= 11 is 0. The van der Waals surface area contributed by atoms with Gasteiger partial charge in [-0.2, -0.15) is 5.26 Å². The highest BCUT2D eigenvalue weighted by Crippen LogP contribution is 2.27. The second kappa shape index (κ2) is 3.96. The predicted molar refractivity (Wildman–Crippen MR) is 41.0 cm³/mol. The Labute approximate surface area is 81.9 Å². The molecule has 0 amide bonds. The van der Waals surface area contributed by atoms with E-state index in [-0.39, 0.29) is 6.29 Å². The van der Waals surface area contributed by atoms with E-state index in [4.69, 9.17) is 5.26 Å². The van der Waals surface area contributed by atoms with Gasteiger partial charge in [0.2, 0.25) is 0 Å². The van der Waals surface area contributed by atoms with Gasteiger partial charge in [-0.1, -0.05) is 0 Å². The molecule has 0 bridgehead atoms. The maximum atomic E-state index is 11.9. The third-order valence-electron chi connectivity index (χ3n) is 1.38. The maximum absolute atomic E-state index is 11.9. The number of carbonyl (C=O) groups excluding carboxylic acids is 1. The molecule has 0 atom stereocenters. The molecule has 1 rings (SSSR count). The third kappa shape index (κ3) is 2.67. The molecule has 0 N–H and O–H groups in total. The zero-order valence-electron chi connectivity index (χ0n) is 7.08. The largest absolute Gasteiger partial charge is 0.573 e. The number of aromatic nitrogens is 1. The third-order valence-corrected chi connectivity index (χ3v) is 1.38. The van der Waals surface area contributed by atoms with Gasteiger partial charge in [-0.25, -0.2) is 4.98 Å². The van der Waals surface area contributed by atoms with Crippen molar-refractivity contribution in [2.24, 2.45) is 0 Å². The van der Waals surface area contributed by atoms with Gasteiger partial charge in [0.15, 0.2) is 12.0 Å². The van der Waals surface area contributed by atoms with E-state index in [9.17, 15) is 18.0 Å². The van der Waals surface area contributed by atoms with Crippen LogP contribution in [0.2, 0.25) is 0 Å². The number of alkyl halides is 3. The summed E-state index contributed by atoms with van der Waals surface area (Å²) in [4.78, 5) is 13.7. The van der Waals surface area contributed by atoms with Gasteiger partial charge in [-0.05, 0) is 6.07 Å². The first-order valence-electron chi connectivity index (χ1n) is 3.58. The first kappa shape index (κ1) is 11.0. The van der Waals surface area contributed by atoms with Gasteiger partial charge >= 0.3 is 6.36 Å². The summed E-state index contributed by atoms with van der Waals surface area (Å²) in [6, 6.07) is 2.49. The quantitative estimate of drug-likeness (QED) is 0.705. The highest BCUT2D eigenvalue weighted by Gasteiger charge is 2.33. The highest BCUT2D eigenvalue weighted by atomic mass is 19.4. The highest BCUT2D eigenvalue weighted by molar-refractivity contribution is 5.78. The fraction of sp³-hybridized carbons (Fsp3) is 0.125. The number of hydrogen-bond donors (Lipinski definition) is 0. The van der Waals surface area contributed by atoms with E-state index in [0.29, 0.717) is 0 Å². The number of aldehydes is 1. The van der Waals surface area contributed by atoms with Gasteiger partial charge < -0.3 is 4.74 Å². The molecular formula is C8H3F3N2O2. The van der Waals surface area contributed by atoms with Crippen LogP contribution in [0.4, 0.5) is 13.2 Å². The van der Waals surface area contributed by atoms with E-state index in [0.717, 1.165) is 12.3 Å². The molecule has 0 aliphatic rings. The zero-order chi connectivity index (χ0) is 11.5. The molecule has 0 aromatic carbocycles. The normalized spacial score (nSPS) is 10.5. The second-order valence-electron chi connectivity index (χ2n) is 2.35. The second-order valence-corrected chi connectivity index (χ2v) is 2.35. The molecule has 0 unspecified atom stereocenters. The van der Waals surface area contributed by atoms with Crippen molar-refractivity contribution >= 4 is 6.29 Å². The summed E-state index contributed by atoms with van der Waals surface area (Å²) in [7, 11) is 0. The standard InChI is InChI=1S/C8H3F3N2O2/c9-8(10,11)15-7-5(3-12)1-2-13-6(7)4-14/h1-2,4H. The van der Waals surface area contributed by atoms with Gasteiger partial charge in [0.25, 0.3) is 0 Å². The Morgan fingerprint density at radius 1 is 1.53 bits per heavy atom. The number of rotatable bonds is 2. The molecule has 0 saturated carbocycles. The molecule has 0 spiro atoms. The number of halogens is 3. The molecular weight excluding hydrogens is 213 g/mol. The van der Waals surface area contributed by atoms with Crippen LogP contribution < -0.4 is 4.74 Å². The SMILES string of the molecule is N#Cc1ccnc(C=O)c1OC(F)(F)F. The van der Waals surface area contributed by atoms with Crippen molar-refractivity contribution in [1.82, 2.24) is 4.98 Å². The Morgan fingerprint density at radius 3 is 2.67 bits per heavy atom. The molecule has 0 aliphatic carbocycles. The van der Waals surface area contributed by atoms with E-state index in [1.807, 2.05) is 0 Å². The van der Waals surface area contributed by atoms with E-state index in [1.165, 1.54) is 6.07 Å². The summed E-state index contributed by atoms with van der Waals surface area (Å²) in [6.45, 7) is 0. The zero-order valence-corrected chi connectivity index (χ0v) is 7.08. The van der Waals surface area contributed by atoms with E-state index in [2.05, 4.69) is 9.72 Å². The Balaban J connectivity index is 3.24. The van der Waals surface area contributed by atoms with Crippen molar-refractivity contribution in [1.29, 1.82) is 5.26 Å². The predicted octanol–water partition coefficient (Wildman–Crippen LogP) is 1.66. The maximum Gasteiger partial charge on any atom is 0.573 e. The Kier molecular flexibility index (Phi) is 2.90. The van der Waals surface area contributed by atoms with Crippen LogP contribution in [0, 0.1) is 11.3 Å². The molecule has 78 valence electrons. The summed E-state index contributed by atoms with van der Waals surface area (Å²) in [5.41, 5.74) is -0.962. The Bertz CT molecular complexity index is 423. The molecule has 7 heteroatoms.